The van der Waals surface area contributed by atoms with Crippen molar-refractivity contribution in [2.75, 3.05) is 36.0 Å². The highest BCUT2D eigenvalue weighted by atomic mass is 16.5. The molecule has 2 amide bonds. The van der Waals surface area contributed by atoms with E-state index in [1.165, 1.54) is 11.1 Å². The van der Waals surface area contributed by atoms with Crippen LogP contribution in [0, 0.1) is 5.92 Å². The third-order valence-electron chi connectivity index (χ3n) is 7.23. The van der Waals surface area contributed by atoms with Crippen LogP contribution in [0.25, 0.3) is 0 Å². The summed E-state index contributed by atoms with van der Waals surface area (Å²) in [6.07, 6.45) is 10.6. The molecule has 2 atom stereocenters. The summed E-state index contributed by atoms with van der Waals surface area (Å²) in [4.78, 5) is 38.1. The monoisotopic (exact) mass is 529 g/mol. The number of aromatic nitrogens is 2. The first-order valence-corrected chi connectivity index (χ1v) is 14.0. The van der Waals surface area contributed by atoms with Gasteiger partial charge in [-0.05, 0) is 87.5 Å². The normalized spacial score (nSPS) is 16.1. The van der Waals surface area contributed by atoms with Gasteiger partial charge in [-0.1, -0.05) is 13.0 Å². The van der Waals surface area contributed by atoms with Gasteiger partial charge in [-0.2, -0.15) is 0 Å². The largest absolute Gasteiger partial charge is 0.493 e. The number of nitrogens with one attached hydrogen (secondary N) is 1. The van der Waals surface area contributed by atoms with Gasteiger partial charge in [0.05, 0.1) is 18.0 Å². The quantitative estimate of drug-likeness (QED) is 0.249. The lowest BCUT2D eigenvalue weighted by molar-refractivity contribution is -0.132. The molecule has 1 aromatic carbocycles. The third-order valence-corrected chi connectivity index (χ3v) is 7.23. The van der Waals surface area contributed by atoms with Gasteiger partial charge in [0.15, 0.2) is 0 Å². The Morgan fingerprint density at radius 1 is 0.923 bits per heavy atom. The first kappa shape index (κ1) is 28.2. The Labute approximate surface area is 231 Å². The van der Waals surface area contributed by atoms with Gasteiger partial charge in [0, 0.05) is 50.0 Å². The van der Waals surface area contributed by atoms with Gasteiger partial charge in [-0.15, -0.1) is 0 Å². The highest BCUT2D eigenvalue weighted by Crippen LogP contribution is 2.38. The third kappa shape index (κ3) is 6.81. The van der Waals surface area contributed by atoms with E-state index in [1.54, 1.807) is 16.0 Å². The fourth-order valence-electron chi connectivity index (χ4n) is 5.14. The molecule has 0 saturated carbocycles. The maximum Gasteiger partial charge on any atom is 0.239 e. The van der Waals surface area contributed by atoms with Crippen LogP contribution in [0.5, 0.6) is 5.75 Å². The van der Waals surface area contributed by atoms with Crippen molar-refractivity contribution in [3.05, 3.63) is 78.4 Å². The number of ether oxygens (including phenoxy) is 1. The predicted octanol–water partition coefficient (Wildman–Crippen LogP) is 4.95. The number of nitrogens with zero attached hydrogens (tertiary/aromatic N) is 4. The Hall–Kier alpha value is -3.78. The SMILES string of the molecule is CCC1C(=O)N(CC)c2ccc(OCCCNC(CCc3cccnc3)c3ccncc3)cc2N(CC)C1=O. The Morgan fingerprint density at radius 3 is 2.33 bits per heavy atom. The van der Waals surface area contributed by atoms with E-state index in [9.17, 15) is 9.59 Å². The van der Waals surface area contributed by atoms with E-state index in [0.717, 1.165) is 37.2 Å². The Kier molecular flexibility index (Phi) is 10.0. The highest BCUT2D eigenvalue weighted by Gasteiger charge is 2.38. The van der Waals surface area contributed by atoms with E-state index < -0.39 is 5.92 Å². The molecule has 1 aliphatic rings. The van der Waals surface area contributed by atoms with Crippen LogP contribution < -0.4 is 19.9 Å². The number of anilines is 2. The zero-order valence-electron chi connectivity index (χ0n) is 23.2. The molecule has 8 nitrogen and oxygen atoms in total. The van der Waals surface area contributed by atoms with Crippen molar-refractivity contribution >= 4 is 23.2 Å². The predicted molar refractivity (Wildman–Crippen MR) is 154 cm³/mol. The Morgan fingerprint density at radius 2 is 1.67 bits per heavy atom. The number of carbonyl (C=O) groups excluding carboxylic acids is 2. The smallest absolute Gasteiger partial charge is 0.239 e. The van der Waals surface area contributed by atoms with Crippen LogP contribution in [0.1, 0.15) is 57.2 Å². The molecule has 0 fully saturated rings. The summed E-state index contributed by atoms with van der Waals surface area (Å²) in [5.41, 5.74) is 3.93. The van der Waals surface area contributed by atoms with Crippen molar-refractivity contribution in [3.8, 4) is 5.75 Å². The minimum atomic E-state index is -0.653. The molecule has 0 bridgehead atoms. The second-order valence-corrected chi connectivity index (χ2v) is 9.67. The Balaban J connectivity index is 1.37. The first-order chi connectivity index (χ1) is 19.1. The molecule has 0 spiro atoms. The summed E-state index contributed by atoms with van der Waals surface area (Å²) >= 11 is 0. The number of carbonyl (C=O) groups is 2. The van der Waals surface area contributed by atoms with Crippen LogP contribution in [-0.4, -0.2) is 48.0 Å². The van der Waals surface area contributed by atoms with Crippen molar-refractivity contribution in [1.82, 2.24) is 15.3 Å². The van der Waals surface area contributed by atoms with E-state index >= 15 is 0 Å². The van der Waals surface area contributed by atoms with Crippen LogP contribution in [0.2, 0.25) is 0 Å². The molecule has 0 saturated heterocycles. The van der Waals surface area contributed by atoms with Gasteiger partial charge in [0.25, 0.3) is 0 Å². The van der Waals surface area contributed by atoms with Crippen LogP contribution in [0.3, 0.4) is 0 Å². The van der Waals surface area contributed by atoms with Crippen LogP contribution in [-0.2, 0) is 16.0 Å². The molecule has 39 heavy (non-hydrogen) atoms. The summed E-state index contributed by atoms with van der Waals surface area (Å²) in [6.45, 7) is 8.10. The standard InChI is InChI=1S/C31H39N5O3/c1-4-26-30(37)35(5-2)28-13-11-25(21-29(28)36(6-3)31(26)38)39-20-8-17-34-27(24-14-18-32-19-15-24)12-10-23-9-7-16-33-22-23/h7,9,11,13-16,18-19,21-22,26-27,34H,4-6,8,10,12,17,20H2,1-3H3. The van der Waals surface area contributed by atoms with E-state index in [-0.39, 0.29) is 17.9 Å². The fourth-order valence-corrected chi connectivity index (χ4v) is 5.14. The van der Waals surface area contributed by atoms with Crippen LogP contribution in [0.4, 0.5) is 11.4 Å². The molecule has 8 heteroatoms. The molecule has 4 rings (SSSR count). The molecule has 3 aromatic rings. The van der Waals surface area contributed by atoms with E-state index in [2.05, 4.69) is 33.5 Å². The van der Waals surface area contributed by atoms with Gasteiger partial charge in [0.2, 0.25) is 11.8 Å². The number of pyridine rings is 2. The molecular weight excluding hydrogens is 490 g/mol. The summed E-state index contributed by atoms with van der Waals surface area (Å²) in [6, 6.07) is 14.1. The second-order valence-electron chi connectivity index (χ2n) is 9.67. The topological polar surface area (TPSA) is 87.7 Å². The van der Waals surface area contributed by atoms with Crippen molar-refractivity contribution in [3.63, 3.8) is 0 Å². The van der Waals surface area contributed by atoms with Gasteiger partial charge in [-0.25, -0.2) is 0 Å². The zero-order chi connectivity index (χ0) is 27.6. The minimum absolute atomic E-state index is 0.130. The molecule has 2 unspecified atom stereocenters. The molecule has 206 valence electrons. The number of hydrogen-bond acceptors (Lipinski definition) is 6. The first-order valence-electron chi connectivity index (χ1n) is 14.0. The molecule has 1 N–H and O–H groups in total. The number of aryl methyl sites for hydroxylation is 1. The fraction of sp³-hybridized carbons (Fsp3) is 0.419. The summed E-state index contributed by atoms with van der Waals surface area (Å²) in [7, 11) is 0. The lowest BCUT2D eigenvalue weighted by atomic mass is 10.0. The summed E-state index contributed by atoms with van der Waals surface area (Å²) in [5.74, 6) is -0.230. The van der Waals surface area contributed by atoms with E-state index in [4.69, 9.17) is 4.74 Å². The molecule has 2 aromatic heterocycles. The molecular formula is C31H39N5O3. The number of hydrogen-bond donors (Lipinski definition) is 1. The van der Waals surface area contributed by atoms with Crippen LogP contribution >= 0.6 is 0 Å². The van der Waals surface area contributed by atoms with Gasteiger partial charge < -0.3 is 19.9 Å². The molecule has 3 heterocycles. The maximum atomic E-state index is 13.2. The highest BCUT2D eigenvalue weighted by molar-refractivity contribution is 6.17. The minimum Gasteiger partial charge on any atom is -0.493 e. The lowest BCUT2D eigenvalue weighted by Gasteiger charge is -2.24. The van der Waals surface area contributed by atoms with Crippen molar-refractivity contribution in [2.24, 2.45) is 5.92 Å². The van der Waals surface area contributed by atoms with Gasteiger partial charge in [-0.3, -0.25) is 19.6 Å². The van der Waals surface area contributed by atoms with E-state index in [0.29, 0.717) is 31.9 Å². The van der Waals surface area contributed by atoms with Crippen molar-refractivity contribution < 1.29 is 14.3 Å². The second kappa shape index (κ2) is 13.8. The zero-order valence-corrected chi connectivity index (χ0v) is 23.2. The number of rotatable bonds is 13. The van der Waals surface area contributed by atoms with Crippen molar-refractivity contribution in [2.45, 2.75) is 52.5 Å². The Bertz CT molecular complexity index is 1220. The number of fused-ring (bicyclic) bond motifs is 1. The number of amides is 2. The van der Waals surface area contributed by atoms with Gasteiger partial charge in [0.1, 0.15) is 11.7 Å². The van der Waals surface area contributed by atoms with Crippen molar-refractivity contribution in [1.29, 1.82) is 0 Å². The molecule has 0 aliphatic carbocycles. The molecule has 1 aliphatic heterocycles. The maximum absolute atomic E-state index is 13.2. The summed E-state index contributed by atoms with van der Waals surface area (Å²) < 4.78 is 6.11. The number of benzene rings is 1. The average Bonchev–Trinajstić information content (AvgIpc) is 3.05. The van der Waals surface area contributed by atoms with Gasteiger partial charge >= 0.3 is 0 Å². The van der Waals surface area contributed by atoms with Crippen LogP contribution in [0.15, 0.2) is 67.3 Å². The summed E-state index contributed by atoms with van der Waals surface area (Å²) in [5, 5.41) is 3.68. The molecule has 0 radical (unpaired) electrons. The van der Waals surface area contributed by atoms with E-state index in [1.807, 2.05) is 63.6 Å². The lowest BCUT2D eigenvalue weighted by Crippen LogP contribution is -2.41. The average molecular weight is 530 g/mol.